The molecule has 12 rings (SSSR count). The lowest BCUT2D eigenvalue weighted by atomic mass is 9.92. The molecule has 3 aromatic heterocycles. The molecule has 3 heterocycles. The van der Waals surface area contributed by atoms with Crippen molar-refractivity contribution in [2.45, 2.75) is 24.7 Å². The number of benzene rings is 9. The van der Waals surface area contributed by atoms with E-state index in [0.29, 0.717) is 27.8 Å². The topological polar surface area (TPSA) is 72.3 Å². The third kappa shape index (κ3) is 9.09. The lowest BCUT2D eigenvalue weighted by Gasteiger charge is -2.20. The van der Waals surface area contributed by atoms with Crippen LogP contribution in [0.3, 0.4) is 0 Å². The second kappa shape index (κ2) is 18.7. The highest BCUT2D eigenvalue weighted by molar-refractivity contribution is 6.12. The smallest absolute Gasteiger partial charge is 0.309 e. The fourth-order valence-electron chi connectivity index (χ4n) is 10.2. The Hall–Kier alpha value is -9.76. The van der Waals surface area contributed by atoms with Crippen LogP contribution in [0.2, 0.25) is 0 Å². The van der Waals surface area contributed by atoms with Gasteiger partial charge in [0.1, 0.15) is 0 Å². The van der Waals surface area contributed by atoms with Gasteiger partial charge in [0, 0.05) is 49.5 Å². The number of nitrogens with zero attached hydrogens (tertiary/aromatic N) is 6. The highest BCUT2D eigenvalue weighted by Crippen LogP contribution is 2.47. The minimum atomic E-state index is -4.90. The van der Waals surface area contributed by atoms with Gasteiger partial charge in [-0.25, -0.2) is 15.0 Å². The average Bonchev–Trinajstić information content (AvgIpc) is 4.03. The van der Waals surface area contributed by atoms with Crippen molar-refractivity contribution in [3.8, 4) is 73.9 Å². The molecular weight excluding hydrogens is 1060 g/mol. The summed E-state index contributed by atoms with van der Waals surface area (Å²) in [5.74, 6) is 0.512. The minimum absolute atomic E-state index is 0.0627. The van der Waals surface area contributed by atoms with Gasteiger partial charge >= 0.3 is 24.7 Å². The van der Waals surface area contributed by atoms with Gasteiger partial charge in [-0.15, -0.1) is 0 Å². The van der Waals surface area contributed by atoms with Crippen LogP contribution >= 0.6 is 0 Å². The molecule has 0 fully saturated rings. The average molecular weight is 1090 g/mol. The molecule has 394 valence electrons. The second-order valence-corrected chi connectivity index (χ2v) is 18.8. The molecule has 18 heteroatoms. The summed E-state index contributed by atoms with van der Waals surface area (Å²) in [4.78, 5) is 14.9. The van der Waals surface area contributed by atoms with Crippen molar-refractivity contribution in [1.29, 1.82) is 5.26 Å². The molecule has 9 aromatic carbocycles. The van der Waals surface area contributed by atoms with Gasteiger partial charge in [0.2, 0.25) is 0 Å². The molecule has 0 aliphatic carbocycles. The summed E-state index contributed by atoms with van der Waals surface area (Å²) in [5.41, 5.74) is -0.446. The zero-order chi connectivity index (χ0) is 56.0. The lowest BCUT2D eigenvalue weighted by Crippen LogP contribution is -2.05. The quantitative estimate of drug-likeness (QED) is 0.149. The normalized spacial score (nSPS) is 12.5. The summed E-state index contributed by atoms with van der Waals surface area (Å²) in [6.45, 7) is 0. The molecule has 0 aliphatic rings. The summed E-state index contributed by atoms with van der Waals surface area (Å²) in [5, 5.41) is 9.04. The number of hydrogen-bond donors (Lipinski definition) is 0. The van der Waals surface area contributed by atoms with Crippen LogP contribution in [-0.4, -0.2) is 24.1 Å². The van der Waals surface area contributed by atoms with Gasteiger partial charge in [0.15, 0.2) is 17.5 Å². The first-order chi connectivity index (χ1) is 38.1. The molecule has 0 atom stereocenters. The highest BCUT2D eigenvalue weighted by Gasteiger charge is 2.36. The number of aromatic nitrogens is 5. The fraction of sp³-hybridized carbons (Fsp3) is 0.0645. The van der Waals surface area contributed by atoms with E-state index in [2.05, 4.69) is 6.07 Å². The number of rotatable bonds is 7. The Labute approximate surface area is 444 Å². The maximum atomic E-state index is 14.5. The van der Waals surface area contributed by atoms with E-state index in [-0.39, 0.29) is 89.2 Å². The minimum Gasteiger partial charge on any atom is -0.309 e. The maximum Gasteiger partial charge on any atom is 0.416 e. The van der Waals surface area contributed by atoms with E-state index in [1.165, 1.54) is 9.13 Å². The molecular formula is C62H32F12N6. The van der Waals surface area contributed by atoms with Crippen molar-refractivity contribution < 1.29 is 52.7 Å². The first kappa shape index (κ1) is 51.0. The zero-order valence-corrected chi connectivity index (χ0v) is 40.7. The van der Waals surface area contributed by atoms with E-state index < -0.39 is 47.0 Å². The molecule has 0 unspecified atom stereocenters. The van der Waals surface area contributed by atoms with Crippen LogP contribution in [0.1, 0.15) is 27.8 Å². The molecule has 6 nitrogen and oxygen atoms in total. The van der Waals surface area contributed by atoms with E-state index in [1.807, 2.05) is 0 Å². The fourth-order valence-corrected chi connectivity index (χ4v) is 10.2. The Morgan fingerprint density at radius 3 is 1.14 bits per heavy atom. The van der Waals surface area contributed by atoms with Gasteiger partial charge in [0.05, 0.1) is 61.6 Å². The van der Waals surface area contributed by atoms with Crippen molar-refractivity contribution in [2.75, 3.05) is 0 Å². The van der Waals surface area contributed by atoms with Crippen LogP contribution < -0.4 is 0 Å². The Morgan fingerprint density at radius 2 is 0.725 bits per heavy atom. The third-order valence-electron chi connectivity index (χ3n) is 13.9. The van der Waals surface area contributed by atoms with E-state index in [1.54, 1.807) is 121 Å². The summed E-state index contributed by atoms with van der Waals surface area (Å²) in [6, 6.07) is 47.3. The van der Waals surface area contributed by atoms with Crippen molar-refractivity contribution in [2.24, 2.45) is 0 Å². The van der Waals surface area contributed by atoms with E-state index in [0.717, 1.165) is 72.8 Å². The third-order valence-corrected chi connectivity index (χ3v) is 13.9. The summed E-state index contributed by atoms with van der Waals surface area (Å²) in [7, 11) is 0. The standard InChI is InChI=1S/C62H32F12N6/c63-59(64,65)39-16-23-51-47(28-39)48-29-40(60(66,67)68)17-24-52(48)79(51)43-20-21-44(58-77-56(36-7-3-1-4-8-36)76-57(78-58)37-9-5-2-6-10-37)45(32-43)46-27-38(35-13-11-34(33-75)12-14-35)15-22-53(46)80-54-25-18-41(61(69,70)71)30-49(54)50-31-42(62(72,73)74)19-26-55(50)80/h1-32H. The van der Waals surface area contributed by atoms with Crippen LogP contribution in [0.5, 0.6) is 0 Å². The van der Waals surface area contributed by atoms with E-state index in [9.17, 15) is 57.9 Å². The van der Waals surface area contributed by atoms with Gasteiger partial charge in [-0.05, 0) is 132 Å². The predicted octanol–water partition coefficient (Wildman–Crippen LogP) is 18.3. The van der Waals surface area contributed by atoms with Gasteiger partial charge < -0.3 is 9.13 Å². The number of alkyl halides is 12. The Bertz CT molecular complexity index is 4270. The molecule has 0 radical (unpaired) electrons. The molecule has 0 N–H and O–H groups in total. The summed E-state index contributed by atoms with van der Waals surface area (Å²) >= 11 is 0. The maximum absolute atomic E-state index is 14.5. The number of fused-ring (bicyclic) bond motifs is 6. The molecule has 12 aromatic rings. The van der Waals surface area contributed by atoms with Crippen molar-refractivity contribution >= 4 is 43.6 Å². The molecule has 0 saturated heterocycles. The monoisotopic (exact) mass is 1090 g/mol. The van der Waals surface area contributed by atoms with Crippen molar-refractivity contribution in [1.82, 2.24) is 24.1 Å². The molecule has 0 spiro atoms. The van der Waals surface area contributed by atoms with E-state index >= 15 is 0 Å². The predicted molar refractivity (Wildman–Crippen MR) is 280 cm³/mol. The van der Waals surface area contributed by atoms with Crippen LogP contribution in [-0.2, 0) is 24.7 Å². The molecule has 80 heavy (non-hydrogen) atoms. The van der Waals surface area contributed by atoms with Crippen LogP contribution in [0, 0.1) is 11.3 Å². The number of hydrogen-bond acceptors (Lipinski definition) is 4. The molecule has 0 aliphatic heterocycles. The van der Waals surface area contributed by atoms with Crippen LogP contribution in [0.15, 0.2) is 194 Å². The number of halogens is 12. The number of nitriles is 1. The first-order valence-electron chi connectivity index (χ1n) is 24.2. The van der Waals surface area contributed by atoms with Crippen LogP contribution in [0.25, 0.3) is 111 Å². The van der Waals surface area contributed by atoms with E-state index in [4.69, 9.17) is 15.0 Å². The molecule has 0 saturated carbocycles. The molecule has 0 bridgehead atoms. The van der Waals surface area contributed by atoms with Gasteiger partial charge in [-0.2, -0.15) is 57.9 Å². The summed E-state index contributed by atoms with van der Waals surface area (Å²) < 4.78 is 176. The first-order valence-corrected chi connectivity index (χ1v) is 24.2. The lowest BCUT2D eigenvalue weighted by molar-refractivity contribution is -0.138. The van der Waals surface area contributed by atoms with Crippen LogP contribution in [0.4, 0.5) is 52.7 Å². The zero-order valence-electron chi connectivity index (χ0n) is 40.7. The van der Waals surface area contributed by atoms with Gasteiger partial charge in [-0.3, -0.25) is 0 Å². The largest absolute Gasteiger partial charge is 0.416 e. The van der Waals surface area contributed by atoms with Crippen molar-refractivity contribution in [3.63, 3.8) is 0 Å². The second-order valence-electron chi connectivity index (χ2n) is 18.8. The van der Waals surface area contributed by atoms with Gasteiger partial charge in [-0.1, -0.05) is 78.9 Å². The van der Waals surface area contributed by atoms with Gasteiger partial charge in [0.25, 0.3) is 0 Å². The highest BCUT2D eigenvalue weighted by atomic mass is 19.4. The molecule has 0 amide bonds. The van der Waals surface area contributed by atoms with Crippen molar-refractivity contribution in [3.05, 3.63) is 222 Å². The summed E-state index contributed by atoms with van der Waals surface area (Å²) in [6.07, 6.45) is -19.6. The SMILES string of the molecule is N#Cc1ccc(-c2ccc(-n3c4ccc(C(F)(F)F)cc4c4cc(C(F)(F)F)ccc43)c(-c3cc(-n4c5ccc(C(F)(F)F)cc5c5cc(C(F)(F)F)ccc54)ccc3-c3nc(-c4ccccc4)nc(-c4ccccc4)n3)c2)cc1. The Balaban J connectivity index is 1.23. The Kier molecular flexibility index (Phi) is 11.9. The Morgan fingerprint density at radius 1 is 0.325 bits per heavy atom.